The third-order valence-corrected chi connectivity index (χ3v) is 7.53. The number of amides is 3. The van der Waals surface area contributed by atoms with Crippen LogP contribution >= 0.6 is 0 Å². The van der Waals surface area contributed by atoms with Gasteiger partial charge >= 0.3 is 18.2 Å². The van der Waals surface area contributed by atoms with E-state index in [9.17, 15) is 23.6 Å². The zero-order valence-corrected chi connectivity index (χ0v) is 23.0. The number of benzene rings is 1. The summed E-state index contributed by atoms with van der Waals surface area (Å²) in [5.74, 6) is -1.55. The summed E-state index contributed by atoms with van der Waals surface area (Å²) in [6.45, 7) is 5.49. The van der Waals surface area contributed by atoms with E-state index < -0.39 is 47.9 Å². The number of fused-ring (bicyclic) bond motifs is 1. The first-order valence-electron chi connectivity index (χ1n) is 13.6. The Hall–Kier alpha value is -3.37. The molecule has 2 fully saturated rings. The number of methoxy groups -OCH3 is 1. The van der Waals surface area contributed by atoms with E-state index in [0.29, 0.717) is 11.1 Å². The van der Waals surface area contributed by atoms with Crippen LogP contribution in [0.25, 0.3) is 0 Å². The van der Waals surface area contributed by atoms with E-state index in [0.717, 1.165) is 32.1 Å². The molecule has 2 heterocycles. The van der Waals surface area contributed by atoms with Crippen molar-refractivity contribution in [2.75, 3.05) is 13.7 Å². The number of esters is 1. The monoisotopic (exact) mass is 547 g/mol. The topological polar surface area (TPSA) is 114 Å². The van der Waals surface area contributed by atoms with Gasteiger partial charge in [-0.3, -0.25) is 9.69 Å². The van der Waals surface area contributed by atoms with Gasteiger partial charge in [-0.05, 0) is 51.2 Å². The Labute approximate surface area is 228 Å². The van der Waals surface area contributed by atoms with Crippen molar-refractivity contribution < 1.29 is 37.8 Å². The third-order valence-electron chi connectivity index (χ3n) is 7.53. The lowest BCUT2D eigenvalue weighted by Gasteiger charge is -2.34. The molecule has 4 rings (SSSR count). The highest BCUT2D eigenvalue weighted by Gasteiger charge is 2.46. The van der Waals surface area contributed by atoms with Gasteiger partial charge in [0.15, 0.2) is 0 Å². The number of alkyl carbamates (subject to hydrolysis) is 1. The van der Waals surface area contributed by atoms with Crippen molar-refractivity contribution >= 4 is 24.1 Å². The molecule has 39 heavy (non-hydrogen) atoms. The number of likely N-dealkylation sites (tertiary alicyclic amines) is 1. The summed E-state index contributed by atoms with van der Waals surface area (Å²) in [6, 6.07) is 2.84. The Morgan fingerprint density at radius 1 is 1.08 bits per heavy atom. The second-order valence-electron chi connectivity index (χ2n) is 11.5. The molecule has 0 radical (unpaired) electrons. The van der Waals surface area contributed by atoms with Crippen LogP contribution in [-0.4, -0.2) is 71.3 Å². The maximum atomic E-state index is 14.1. The van der Waals surface area contributed by atoms with Crippen LogP contribution in [0, 0.1) is 11.7 Å². The standard InChI is InChI=1S/C28H38FN3O7/c1-28(2,3)39-26(35)30-23(17-9-6-5-7-10-17)24(33)32-15-19(13-22(32)25(34)37-4)38-27(36)31-14-18-11-8-12-21(29)20(18)16-31/h8,11-12,17,19,22-23H,5-7,9-10,13-16H2,1-4H3,(H,30,35)/t19-,22+,23+/m1/s1. The summed E-state index contributed by atoms with van der Waals surface area (Å²) in [5.41, 5.74) is 0.420. The molecule has 1 saturated carbocycles. The average Bonchev–Trinajstić information content (AvgIpc) is 3.51. The number of hydrogen-bond acceptors (Lipinski definition) is 7. The Morgan fingerprint density at radius 3 is 2.44 bits per heavy atom. The Balaban J connectivity index is 1.48. The minimum absolute atomic E-state index is 0.0291. The van der Waals surface area contributed by atoms with Gasteiger partial charge in [0.1, 0.15) is 29.6 Å². The second kappa shape index (κ2) is 11.8. The molecule has 1 N–H and O–H groups in total. The quantitative estimate of drug-likeness (QED) is 0.439. The Bertz CT molecular complexity index is 1100. The lowest BCUT2D eigenvalue weighted by Crippen LogP contribution is -2.55. The Morgan fingerprint density at radius 2 is 1.79 bits per heavy atom. The van der Waals surface area contributed by atoms with Gasteiger partial charge in [0.25, 0.3) is 0 Å². The molecule has 0 unspecified atom stereocenters. The van der Waals surface area contributed by atoms with Crippen LogP contribution in [0.1, 0.15) is 70.4 Å². The van der Waals surface area contributed by atoms with Crippen molar-refractivity contribution in [1.29, 1.82) is 0 Å². The van der Waals surface area contributed by atoms with Gasteiger partial charge in [0.05, 0.1) is 20.2 Å². The number of ether oxygens (including phenoxy) is 3. The van der Waals surface area contributed by atoms with Crippen molar-refractivity contribution in [3.05, 3.63) is 35.1 Å². The number of nitrogens with zero attached hydrogens (tertiary/aromatic N) is 2. The molecule has 214 valence electrons. The lowest BCUT2D eigenvalue weighted by atomic mass is 9.83. The second-order valence-corrected chi connectivity index (χ2v) is 11.5. The van der Waals surface area contributed by atoms with Gasteiger partial charge in [-0.15, -0.1) is 0 Å². The summed E-state index contributed by atoms with van der Waals surface area (Å²) >= 11 is 0. The highest BCUT2D eigenvalue weighted by atomic mass is 19.1. The van der Waals surface area contributed by atoms with E-state index in [4.69, 9.17) is 14.2 Å². The van der Waals surface area contributed by atoms with Crippen LogP contribution in [-0.2, 0) is 36.9 Å². The molecule has 3 amide bonds. The zero-order chi connectivity index (χ0) is 28.3. The molecule has 1 aliphatic carbocycles. The molecule has 1 aromatic carbocycles. The van der Waals surface area contributed by atoms with Gasteiger partial charge in [0.2, 0.25) is 5.91 Å². The van der Waals surface area contributed by atoms with Gasteiger partial charge < -0.3 is 24.4 Å². The molecule has 3 aliphatic rings. The fourth-order valence-corrected chi connectivity index (χ4v) is 5.67. The number of carbonyl (C=O) groups excluding carboxylic acids is 4. The Kier molecular flexibility index (Phi) is 8.66. The van der Waals surface area contributed by atoms with Crippen LogP contribution < -0.4 is 5.32 Å². The first-order chi connectivity index (χ1) is 18.5. The number of halogens is 1. The van der Waals surface area contributed by atoms with E-state index in [2.05, 4.69) is 5.32 Å². The molecule has 10 nitrogen and oxygen atoms in total. The molecule has 0 spiro atoms. The summed E-state index contributed by atoms with van der Waals surface area (Å²) in [7, 11) is 1.23. The maximum Gasteiger partial charge on any atom is 0.410 e. The average molecular weight is 548 g/mol. The van der Waals surface area contributed by atoms with Crippen molar-refractivity contribution in [3.8, 4) is 0 Å². The molecule has 0 bridgehead atoms. The van der Waals surface area contributed by atoms with E-state index in [1.807, 2.05) is 0 Å². The fourth-order valence-electron chi connectivity index (χ4n) is 5.67. The predicted octanol–water partition coefficient (Wildman–Crippen LogP) is 3.89. The van der Waals surface area contributed by atoms with Crippen LogP contribution in [0.2, 0.25) is 0 Å². The number of rotatable bonds is 5. The molecule has 2 aliphatic heterocycles. The highest BCUT2D eigenvalue weighted by Crippen LogP contribution is 2.31. The van der Waals surface area contributed by atoms with Crippen LogP contribution in [0.15, 0.2) is 18.2 Å². The summed E-state index contributed by atoms with van der Waals surface area (Å²) in [4.78, 5) is 55.0. The van der Waals surface area contributed by atoms with Gasteiger partial charge in [-0.2, -0.15) is 0 Å². The SMILES string of the molecule is COC(=O)[C@@H]1C[C@@H](OC(=O)N2Cc3cccc(F)c3C2)CN1C(=O)[C@@H](NC(=O)OC(C)(C)C)C1CCCCC1. The first kappa shape index (κ1) is 28.6. The van der Waals surface area contributed by atoms with Gasteiger partial charge in [-0.1, -0.05) is 31.4 Å². The molecule has 0 aromatic heterocycles. The molecule has 11 heteroatoms. The summed E-state index contributed by atoms with van der Waals surface area (Å²) in [5, 5.41) is 2.76. The van der Waals surface area contributed by atoms with E-state index in [1.54, 1.807) is 32.9 Å². The maximum absolute atomic E-state index is 14.1. The zero-order valence-electron chi connectivity index (χ0n) is 23.0. The number of carbonyl (C=O) groups is 4. The third kappa shape index (κ3) is 6.80. The van der Waals surface area contributed by atoms with Crippen LogP contribution in [0.3, 0.4) is 0 Å². The normalized spacial score (nSPS) is 22.2. The predicted molar refractivity (Wildman–Crippen MR) is 138 cm³/mol. The van der Waals surface area contributed by atoms with Crippen LogP contribution in [0.4, 0.5) is 14.0 Å². The molecule has 1 aromatic rings. The summed E-state index contributed by atoms with van der Waals surface area (Å²) in [6.07, 6.45) is 2.37. The first-order valence-corrected chi connectivity index (χ1v) is 13.6. The van der Waals surface area contributed by atoms with Gasteiger partial charge in [0, 0.05) is 18.5 Å². The van der Waals surface area contributed by atoms with Crippen molar-refractivity contribution in [1.82, 2.24) is 15.1 Å². The smallest absolute Gasteiger partial charge is 0.410 e. The number of nitrogens with one attached hydrogen (secondary N) is 1. The van der Waals surface area contributed by atoms with Crippen molar-refractivity contribution in [2.24, 2.45) is 5.92 Å². The van der Waals surface area contributed by atoms with E-state index in [1.165, 1.54) is 23.0 Å². The van der Waals surface area contributed by atoms with Crippen molar-refractivity contribution in [2.45, 2.75) is 96.2 Å². The minimum atomic E-state index is -0.972. The van der Waals surface area contributed by atoms with E-state index in [-0.39, 0.29) is 37.8 Å². The molecular weight excluding hydrogens is 509 g/mol. The molecule has 1 saturated heterocycles. The van der Waals surface area contributed by atoms with Crippen molar-refractivity contribution in [3.63, 3.8) is 0 Å². The van der Waals surface area contributed by atoms with Gasteiger partial charge in [-0.25, -0.2) is 18.8 Å². The van der Waals surface area contributed by atoms with E-state index >= 15 is 0 Å². The molecular formula is C28H38FN3O7. The largest absolute Gasteiger partial charge is 0.467 e. The minimum Gasteiger partial charge on any atom is -0.467 e. The fraction of sp³-hybridized carbons (Fsp3) is 0.643. The highest BCUT2D eigenvalue weighted by molar-refractivity contribution is 5.90. The molecule has 3 atom stereocenters. The number of hydrogen-bond donors (Lipinski definition) is 1. The summed E-state index contributed by atoms with van der Waals surface area (Å²) < 4.78 is 30.2. The lowest BCUT2D eigenvalue weighted by molar-refractivity contribution is -0.152. The van der Waals surface area contributed by atoms with Crippen LogP contribution in [0.5, 0.6) is 0 Å².